The van der Waals surface area contributed by atoms with Crippen molar-refractivity contribution >= 4 is 17.5 Å². The number of rotatable bonds is 2. The monoisotopic (exact) mass is 420 g/mol. The topological polar surface area (TPSA) is 59.1 Å². The van der Waals surface area contributed by atoms with Gasteiger partial charge < -0.3 is 19.3 Å². The molecule has 4 rings (SSSR count). The summed E-state index contributed by atoms with van der Waals surface area (Å²) in [5.74, 6) is -0.888. The summed E-state index contributed by atoms with van der Waals surface area (Å²) in [6.45, 7) is 1.40. The first kappa shape index (κ1) is 20.2. The molecule has 158 valence electrons. The highest BCUT2D eigenvalue weighted by molar-refractivity contribution is 6.08. The van der Waals surface area contributed by atoms with Gasteiger partial charge in [0.05, 0.1) is 36.6 Å². The maximum atomic E-state index is 13.5. The summed E-state index contributed by atoms with van der Waals surface area (Å²) in [4.78, 5) is 28.9. The number of amides is 2. The SMILES string of the molecule is O=C([C@H]1CN(C(=O)c2ccccc2C(F)(F)F)c2ccccc2O1)N1CCOCC1. The summed E-state index contributed by atoms with van der Waals surface area (Å²) < 4.78 is 51.4. The van der Waals surface area contributed by atoms with E-state index in [1.54, 1.807) is 29.2 Å². The molecule has 6 nitrogen and oxygen atoms in total. The number of benzene rings is 2. The normalized spacial score (nSPS) is 19.1. The van der Waals surface area contributed by atoms with Crippen molar-refractivity contribution < 1.29 is 32.2 Å². The fraction of sp³-hybridized carbons (Fsp3) is 0.333. The number of ether oxygens (including phenoxy) is 2. The number of alkyl halides is 3. The number of carbonyl (C=O) groups excluding carboxylic acids is 2. The second-order valence-corrected chi connectivity index (χ2v) is 6.97. The van der Waals surface area contributed by atoms with Crippen LogP contribution in [0.15, 0.2) is 48.5 Å². The molecular weight excluding hydrogens is 401 g/mol. The van der Waals surface area contributed by atoms with Crippen LogP contribution in [0.3, 0.4) is 0 Å². The Morgan fingerprint density at radius 2 is 1.63 bits per heavy atom. The highest BCUT2D eigenvalue weighted by Crippen LogP contribution is 2.37. The zero-order valence-electron chi connectivity index (χ0n) is 15.9. The van der Waals surface area contributed by atoms with E-state index in [2.05, 4.69) is 0 Å². The van der Waals surface area contributed by atoms with Gasteiger partial charge >= 0.3 is 6.18 Å². The van der Waals surface area contributed by atoms with Crippen LogP contribution in [0.1, 0.15) is 15.9 Å². The smallest absolute Gasteiger partial charge is 0.417 e. The van der Waals surface area contributed by atoms with Gasteiger partial charge in [-0.2, -0.15) is 13.2 Å². The van der Waals surface area contributed by atoms with E-state index in [-0.39, 0.29) is 18.2 Å². The van der Waals surface area contributed by atoms with Crippen molar-refractivity contribution in [3.05, 3.63) is 59.7 Å². The van der Waals surface area contributed by atoms with Crippen LogP contribution in [0.2, 0.25) is 0 Å². The lowest BCUT2D eigenvalue weighted by Crippen LogP contribution is -2.54. The molecule has 0 spiro atoms. The van der Waals surface area contributed by atoms with Crippen LogP contribution in [0.25, 0.3) is 0 Å². The van der Waals surface area contributed by atoms with Gasteiger partial charge in [-0.1, -0.05) is 24.3 Å². The molecular formula is C21H19F3N2O4. The van der Waals surface area contributed by atoms with Crippen LogP contribution in [-0.2, 0) is 15.7 Å². The molecule has 9 heteroatoms. The molecule has 30 heavy (non-hydrogen) atoms. The Morgan fingerprint density at radius 3 is 2.37 bits per heavy atom. The summed E-state index contributed by atoms with van der Waals surface area (Å²) in [6.07, 6.45) is -5.69. The second-order valence-electron chi connectivity index (χ2n) is 6.97. The molecule has 2 aromatic carbocycles. The zero-order chi connectivity index (χ0) is 21.3. The number of hydrogen-bond donors (Lipinski definition) is 0. The Labute approximate surface area is 170 Å². The quantitative estimate of drug-likeness (QED) is 0.750. The predicted molar refractivity (Wildman–Crippen MR) is 101 cm³/mol. The lowest BCUT2D eigenvalue weighted by atomic mass is 10.0. The molecule has 0 N–H and O–H groups in total. The molecule has 1 atom stereocenters. The molecule has 0 unspecified atom stereocenters. The zero-order valence-corrected chi connectivity index (χ0v) is 15.9. The summed E-state index contributed by atoms with van der Waals surface area (Å²) in [5.41, 5.74) is -1.17. The van der Waals surface area contributed by atoms with Crippen molar-refractivity contribution in [1.82, 2.24) is 4.90 Å². The summed E-state index contributed by atoms with van der Waals surface area (Å²) in [7, 11) is 0. The highest BCUT2D eigenvalue weighted by Gasteiger charge is 2.40. The number of halogens is 3. The predicted octanol–water partition coefficient (Wildman–Crippen LogP) is 2.97. The highest BCUT2D eigenvalue weighted by atomic mass is 19.4. The molecule has 2 amide bonds. The fourth-order valence-corrected chi connectivity index (χ4v) is 3.60. The molecule has 2 heterocycles. The van der Waals surface area contributed by atoms with Crippen molar-refractivity contribution in [3.63, 3.8) is 0 Å². The minimum atomic E-state index is -4.68. The average Bonchev–Trinajstić information content (AvgIpc) is 2.77. The van der Waals surface area contributed by atoms with Crippen molar-refractivity contribution in [2.24, 2.45) is 0 Å². The first-order chi connectivity index (χ1) is 14.4. The van der Waals surface area contributed by atoms with Crippen LogP contribution < -0.4 is 9.64 Å². The number of para-hydroxylation sites is 2. The number of hydrogen-bond acceptors (Lipinski definition) is 4. The molecule has 2 aliphatic heterocycles. The third-order valence-corrected chi connectivity index (χ3v) is 5.08. The van der Waals surface area contributed by atoms with Gasteiger partial charge in [0.15, 0.2) is 6.10 Å². The van der Waals surface area contributed by atoms with Gasteiger partial charge in [-0.3, -0.25) is 9.59 Å². The number of fused-ring (bicyclic) bond motifs is 1. The van der Waals surface area contributed by atoms with Gasteiger partial charge in [0.2, 0.25) is 0 Å². The lowest BCUT2D eigenvalue weighted by Gasteiger charge is -2.37. The summed E-state index contributed by atoms with van der Waals surface area (Å²) in [6, 6.07) is 11.1. The Morgan fingerprint density at radius 1 is 0.967 bits per heavy atom. The second kappa shape index (κ2) is 7.98. The first-order valence-corrected chi connectivity index (χ1v) is 9.46. The van der Waals surface area contributed by atoms with E-state index < -0.39 is 29.3 Å². The lowest BCUT2D eigenvalue weighted by molar-refractivity contribution is -0.142. The number of carbonyl (C=O) groups is 2. The van der Waals surface area contributed by atoms with Gasteiger partial charge in [0.1, 0.15) is 5.75 Å². The summed E-state index contributed by atoms with van der Waals surface area (Å²) in [5, 5.41) is 0. The van der Waals surface area contributed by atoms with E-state index in [0.717, 1.165) is 12.1 Å². The van der Waals surface area contributed by atoms with Crippen LogP contribution in [0, 0.1) is 0 Å². The van der Waals surface area contributed by atoms with E-state index in [1.165, 1.54) is 17.0 Å². The number of morpholine rings is 1. The average molecular weight is 420 g/mol. The largest absolute Gasteiger partial charge is 0.476 e. The maximum absolute atomic E-state index is 13.5. The molecule has 2 aromatic rings. The molecule has 1 fully saturated rings. The molecule has 2 aliphatic rings. The minimum absolute atomic E-state index is 0.182. The van der Waals surface area contributed by atoms with Gasteiger partial charge in [-0.25, -0.2) is 0 Å². The van der Waals surface area contributed by atoms with Crippen molar-refractivity contribution in [3.8, 4) is 5.75 Å². The van der Waals surface area contributed by atoms with Crippen molar-refractivity contribution in [2.45, 2.75) is 12.3 Å². The van der Waals surface area contributed by atoms with Gasteiger partial charge in [0, 0.05) is 13.1 Å². The third-order valence-electron chi connectivity index (χ3n) is 5.08. The maximum Gasteiger partial charge on any atom is 0.417 e. The Hall–Kier alpha value is -3.07. The van der Waals surface area contributed by atoms with E-state index in [0.29, 0.717) is 32.0 Å². The molecule has 0 aromatic heterocycles. The standard InChI is InChI=1S/C21H19F3N2O4/c22-21(23,24)15-6-2-1-5-14(15)19(27)26-13-18(20(28)25-9-11-29-12-10-25)30-17-8-4-3-7-16(17)26/h1-8,18H,9-13H2/t18-/m1/s1. The third kappa shape index (κ3) is 3.85. The Kier molecular flexibility index (Phi) is 5.38. The van der Waals surface area contributed by atoms with Gasteiger partial charge in [-0.05, 0) is 24.3 Å². The van der Waals surface area contributed by atoms with Crippen LogP contribution in [0.5, 0.6) is 5.75 Å². The van der Waals surface area contributed by atoms with Crippen LogP contribution in [-0.4, -0.2) is 55.7 Å². The molecule has 1 saturated heterocycles. The molecule has 0 aliphatic carbocycles. The van der Waals surface area contributed by atoms with E-state index in [9.17, 15) is 22.8 Å². The van der Waals surface area contributed by atoms with E-state index in [4.69, 9.17) is 9.47 Å². The molecule has 0 radical (unpaired) electrons. The van der Waals surface area contributed by atoms with Crippen molar-refractivity contribution in [2.75, 3.05) is 37.7 Å². The van der Waals surface area contributed by atoms with Gasteiger partial charge in [0.25, 0.3) is 11.8 Å². The van der Waals surface area contributed by atoms with Gasteiger partial charge in [-0.15, -0.1) is 0 Å². The summed E-state index contributed by atoms with van der Waals surface area (Å²) >= 11 is 0. The van der Waals surface area contributed by atoms with E-state index >= 15 is 0 Å². The number of nitrogens with zero attached hydrogens (tertiary/aromatic N) is 2. The molecule has 0 saturated carbocycles. The fourth-order valence-electron chi connectivity index (χ4n) is 3.60. The Bertz CT molecular complexity index is 957. The van der Waals surface area contributed by atoms with Crippen LogP contribution >= 0.6 is 0 Å². The van der Waals surface area contributed by atoms with Crippen molar-refractivity contribution in [1.29, 1.82) is 0 Å². The van der Waals surface area contributed by atoms with E-state index in [1.807, 2.05) is 0 Å². The minimum Gasteiger partial charge on any atom is -0.476 e. The number of anilines is 1. The molecule has 0 bridgehead atoms. The van der Waals surface area contributed by atoms with Crippen LogP contribution in [0.4, 0.5) is 18.9 Å². The Balaban J connectivity index is 1.68. The first-order valence-electron chi connectivity index (χ1n) is 9.46.